The largest absolute Gasteiger partial charge is 0.493 e. The highest BCUT2D eigenvalue weighted by atomic mass is 32.1. The van der Waals surface area contributed by atoms with Crippen molar-refractivity contribution in [2.75, 3.05) is 13.7 Å². The molecule has 1 N–H and O–H groups in total. The maximum atomic E-state index is 12.9. The molecule has 0 bridgehead atoms. The normalized spacial score (nSPS) is 15.7. The maximum absolute atomic E-state index is 12.9. The summed E-state index contributed by atoms with van der Waals surface area (Å²) in [6.45, 7) is 5.05. The van der Waals surface area contributed by atoms with Crippen LogP contribution in [0.15, 0.2) is 23.0 Å². The molecule has 3 heterocycles. The average Bonchev–Trinajstić information content (AvgIpc) is 3.32. The van der Waals surface area contributed by atoms with Gasteiger partial charge in [-0.25, -0.2) is 4.98 Å². The summed E-state index contributed by atoms with van der Waals surface area (Å²) < 4.78 is 11.8. The molecule has 3 aromatic rings. The Labute approximate surface area is 155 Å². The van der Waals surface area contributed by atoms with E-state index in [9.17, 15) is 4.79 Å². The van der Waals surface area contributed by atoms with E-state index in [4.69, 9.17) is 9.47 Å². The second kappa shape index (κ2) is 6.64. The van der Waals surface area contributed by atoms with Gasteiger partial charge >= 0.3 is 0 Å². The summed E-state index contributed by atoms with van der Waals surface area (Å²) in [6.07, 6.45) is 0.969. The van der Waals surface area contributed by atoms with Crippen LogP contribution in [0.5, 0.6) is 11.5 Å². The lowest BCUT2D eigenvalue weighted by Gasteiger charge is -2.14. The summed E-state index contributed by atoms with van der Waals surface area (Å²) >= 11 is 1.52. The molecular formula is C19H21N3O3S. The summed E-state index contributed by atoms with van der Waals surface area (Å²) in [7, 11) is 1.78. The molecule has 0 fully saturated rings. The van der Waals surface area contributed by atoms with Crippen molar-refractivity contribution >= 4 is 28.1 Å². The molecule has 1 atom stereocenters. The van der Waals surface area contributed by atoms with Gasteiger partial charge in [-0.3, -0.25) is 4.79 Å². The first-order chi connectivity index (χ1) is 12.6. The molecule has 0 saturated carbocycles. The van der Waals surface area contributed by atoms with Crippen molar-refractivity contribution in [1.82, 2.24) is 14.9 Å². The number of rotatable bonds is 5. The van der Waals surface area contributed by atoms with Crippen LogP contribution >= 0.6 is 11.3 Å². The minimum absolute atomic E-state index is 0.0866. The number of aromatic amines is 1. The standard InChI is InChI=1S/C19H21N3O3S/c1-4-24-16-6-12-5-11(2)25-18(12)17-14(16)7-15(21-17)19(23)22(3)8-13-9-26-10-20-13/h6-7,9-11,21H,4-5,8H2,1-3H3/t11-/m0/s1. The second-order valence-corrected chi connectivity index (χ2v) is 7.26. The fourth-order valence-corrected chi connectivity index (χ4v) is 3.90. The quantitative estimate of drug-likeness (QED) is 0.744. The highest BCUT2D eigenvalue weighted by Crippen LogP contribution is 2.41. The molecule has 26 heavy (non-hydrogen) atoms. The van der Waals surface area contributed by atoms with Crippen LogP contribution in [0.3, 0.4) is 0 Å². The van der Waals surface area contributed by atoms with Crippen LogP contribution in [0.4, 0.5) is 0 Å². The number of ether oxygens (including phenoxy) is 2. The SMILES string of the molecule is CCOc1cc2c(c3[nH]c(C(=O)N(C)Cc4cscn4)cc13)O[C@@H](C)C2. The first kappa shape index (κ1) is 16.9. The van der Waals surface area contributed by atoms with Crippen LogP contribution < -0.4 is 9.47 Å². The number of nitrogens with zero attached hydrogens (tertiary/aromatic N) is 2. The topological polar surface area (TPSA) is 67.5 Å². The summed E-state index contributed by atoms with van der Waals surface area (Å²) in [4.78, 5) is 22.0. The summed E-state index contributed by atoms with van der Waals surface area (Å²) in [6, 6.07) is 3.89. The Morgan fingerprint density at radius 2 is 2.35 bits per heavy atom. The number of amides is 1. The van der Waals surface area contributed by atoms with Gasteiger partial charge in [0, 0.05) is 29.8 Å². The van der Waals surface area contributed by atoms with Crippen molar-refractivity contribution in [2.45, 2.75) is 32.9 Å². The van der Waals surface area contributed by atoms with Gasteiger partial charge in [-0.2, -0.15) is 0 Å². The Morgan fingerprint density at radius 1 is 1.50 bits per heavy atom. The van der Waals surface area contributed by atoms with Gasteiger partial charge in [0.2, 0.25) is 0 Å². The van der Waals surface area contributed by atoms with E-state index in [0.29, 0.717) is 18.8 Å². The molecule has 0 saturated heterocycles. The molecule has 1 aliphatic rings. The van der Waals surface area contributed by atoms with Crippen molar-refractivity contribution in [3.05, 3.63) is 40.0 Å². The van der Waals surface area contributed by atoms with Crippen molar-refractivity contribution in [3.63, 3.8) is 0 Å². The van der Waals surface area contributed by atoms with Gasteiger partial charge in [-0.05, 0) is 26.0 Å². The summed E-state index contributed by atoms with van der Waals surface area (Å²) in [5.74, 6) is 1.53. The summed E-state index contributed by atoms with van der Waals surface area (Å²) in [5.41, 5.74) is 5.13. The van der Waals surface area contributed by atoms with Crippen LogP contribution in [0.1, 0.15) is 35.6 Å². The lowest BCUT2D eigenvalue weighted by Crippen LogP contribution is -2.26. The van der Waals surface area contributed by atoms with Crippen LogP contribution in [-0.2, 0) is 13.0 Å². The molecule has 136 valence electrons. The fraction of sp³-hybridized carbons (Fsp3) is 0.368. The van der Waals surface area contributed by atoms with E-state index in [1.165, 1.54) is 11.3 Å². The van der Waals surface area contributed by atoms with E-state index >= 15 is 0 Å². The van der Waals surface area contributed by atoms with E-state index in [-0.39, 0.29) is 12.0 Å². The highest BCUT2D eigenvalue weighted by molar-refractivity contribution is 7.07. The first-order valence-corrected chi connectivity index (χ1v) is 9.61. The van der Waals surface area contributed by atoms with E-state index in [0.717, 1.165) is 40.1 Å². The Balaban J connectivity index is 1.71. The molecule has 1 amide bonds. The second-order valence-electron chi connectivity index (χ2n) is 6.54. The van der Waals surface area contributed by atoms with Crippen LogP contribution in [0.2, 0.25) is 0 Å². The zero-order valence-electron chi connectivity index (χ0n) is 15.0. The number of carbonyl (C=O) groups is 1. The maximum Gasteiger partial charge on any atom is 0.270 e. The Bertz CT molecular complexity index is 949. The van der Waals surface area contributed by atoms with Gasteiger partial charge in [0.15, 0.2) is 0 Å². The number of nitrogens with one attached hydrogen (secondary N) is 1. The molecule has 0 unspecified atom stereocenters. The lowest BCUT2D eigenvalue weighted by atomic mass is 10.1. The van der Waals surface area contributed by atoms with Crippen molar-refractivity contribution in [2.24, 2.45) is 0 Å². The van der Waals surface area contributed by atoms with Crippen molar-refractivity contribution in [3.8, 4) is 11.5 Å². The van der Waals surface area contributed by atoms with Gasteiger partial charge in [0.1, 0.15) is 23.3 Å². The number of benzene rings is 1. The highest BCUT2D eigenvalue weighted by Gasteiger charge is 2.26. The Kier molecular flexibility index (Phi) is 4.32. The van der Waals surface area contributed by atoms with E-state index in [2.05, 4.69) is 9.97 Å². The van der Waals surface area contributed by atoms with Gasteiger partial charge in [-0.1, -0.05) is 0 Å². The first-order valence-electron chi connectivity index (χ1n) is 8.67. The molecule has 1 aliphatic heterocycles. The average molecular weight is 371 g/mol. The predicted octanol–water partition coefficient (Wildman–Crippen LogP) is 3.62. The third-order valence-electron chi connectivity index (χ3n) is 4.49. The van der Waals surface area contributed by atoms with Gasteiger partial charge in [0.25, 0.3) is 5.91 Å². The number of hydrogen-bond acceptors (Lipinski definition) is 5. The minimum Gasteiger partial charge on any atom is -0.493 e. The third kappa shape index (κ3) is 2.92. The number of carbonyl (C=O) groups excluding carboxylic acids is 1. The molecular weight excluding hydrogens is 350 g/mol. The van der Waals surface area contributed by atoms with Gasteiger partial charge in [-0.15, -0.1) is 11.3 Å². The predicted molar refractivity (Wildman–Crippen MR) is 101 cm³/mol. The van der Waals surface area contributed by atoms with Crippen molar-refractivity contribution in [1.29, 1.82) is 0 Å². The molecule has 1 aromatic carbocycles. The number of fused-ring (bicyclic) bond motifs is 3. The molecule has 4 rings (SSSR count). The van der Waals surface area contributed by atoms with Gasteiger partial charge < -0.3 is 19.4 Å². The zero-order valence-corrected chi connectivity index (χ0v) is 15.9. The monoisotopic (exact) mass is 371 g/mol. The zero-order chi connectivity index (χ0) is 18.3. The number of H-pyrrole nitrogens is 1. The van der Waals surface area contributed by atoms with Gasteiger partial charge in [0.05, 0.1) is 29.9 Å². The smallest absolute Gasteiger partial charge is 0.270 e. The Hall–Kier alpha value is -2.54. The number of aromatic nitrogens is 2. The molecule has 2 aromatic heterocycles. The Morgan fingerprint density at radius 3 is 3.08 bits per heavy atom. The molecule has 6 nitrogen and oxygen atoms in total. The minimum atomic E-state index is -0.0866. The molecule has 0 aliphatic carbocycles. The molecule has 0 radical (unpaired) electrons. The lowest BCUT2D eigenvalue weighted by molar-refractivity contribution is 0.0779. The van der Waals surface area contributed by atoms with Crippen LogP contribution in [-0.4, -0.2) is 40.5 Å². The van der Waals surface area contributed by atoms with Crippen LogP contribution in [0.25, 0.3) is 10.9 Å². The van der Waals surface area contributed by atoms with E-state index in [1.807, 2.05) is 31.4 Å². The van der Waals surface area contributed by atoms with E-state index < -0.39 is 0 Å². The fourth-order valence-electron chi connectivity index (χ4n) is 3.36. The summed E-state index contributed by atoms with van der Waals surface area (Å²) in [5, 5.41) is 2.83. The molecule has 7 heteroatoms. The van der Waals surface area contributed by atoms with E-state index in [1.54, 1.807) is 17.5 Å². The number of thiazole rings is 1. The number of hydrogen-bond donors (Lipinski definition) is 1. The molecule has 0 spiro atoms. The van der Waals surface area contributed by atoms with Crippen molar-refractivity contribution < 1.29 is 14.3 Å². The third-order valence-corrected chi connectivity index (χ3v) is 5.13. The van der Waals surface area contributed by atoms with Crippen LogP contribution in [0, 0.1) is 0 Å².